The lowest BCUT2D eigenvalue weighted by Crippen LogP contribution is -2.41. The minimum atomic E-state index is -0.608. The van der Waals surface area contributed by atoms with Gasteiger partial charge in [-0.1, -0.05) is 45.1 Å². The Bertz CT molecular complexity index is 920. The predicted molar refractivity (Wildman–Crippen MR) is 129 cm³/mol. The van der Waals surface area contributed by atoms with Gasteiger partial charge in [0.05, 0.1) is 26.4 Å². The third kappa shape index (κ3) is 7.50. The number of rotatable bonds is 12. The number of aromatic hydroxyl groups is 2. The van der Waals surface area contributed by atoms with Crippen molar-refractivity contribution in [3.05, 3.63) is 36.1 Å². The quantitative estimate of drug-likeness (QED) is 0.272. The highest BCUT2D eigenvalue weighted by molar-refractivity contribution is 5.74. The van der Waals surface area contributed by atoms with Crippen molar-refractivity contribution in [1.82, 2.24) is 0 Å². The highest BCUT2D eigenvalue weighted by Gasteiger charge is 2.29. The van der Waals surface area contributed by atoms with E-state index in [-0.39, 0.29) is 35.5 Å². The van der Waals surface area contributed by atoms with Gasteiger partial charge >= 0.3 is 0 Å². The van der Waals surface area contributed by atoms with E-state index in [2.05, 4.69) is 6.92 Å². The first-order valence-corrected chi connectivity index (χ1v) is 12.2. The Kier molecular flexibility index (Phi) is 9.42. The first-order valence-electron chi connectivity index (χ1n) is 12.2. The summed E-state index contributed by atoms with van der Waals surface area (Å²) in [6, 6.07) is 7.21. The molecule has 0 spiro atoms. The summed E-state index contributed by atoms with van der Waals surface area (Å²) >= 11 is 0. The molecule has 7 heteroatoms. The number of benzene rings is 2. The summed E-state index contributed by atoms with van der Waals surface area (Å²) < 4.78 is 37.1. The van der Waals surface area contributed by atoms with E-state index in [1.807, 2.05) is 13.8 Å². The van der Waals surface area contributed by atoms with Gasteiger partial charge in [0.25, 0.3) is 0 Å². The van der Waals surface area contributed by atoms with Gasteiger partial charge in [-0.3, -0.25) is 0 Å². The maximum Gasteiger partial charge on any atom is 0.165 e. The number of phenolic OH excluding ortho intramolecular Hbond substituents is 2. The molecule has 2 N–H and O–H groups in total. The maximum absolute atomic E-state index is 14.6. The molecule has 188 valence electrons. The molecule has 0 atom stereocenters. The zero-order valence-corrected chi connectivity index (χ0v) is 20.4. The normalized spacial score (nSPS) is 15.9. The Morgan fingerprint density at radius 1 is 0.912 bits per heavy atom. The van der Waals surface area contributed by atoms with E-state index < -0.39 is 11.6 Å². The molecule has 0 bridgehead atoms. The van der Waals surface area contributed by atoms with Crippen LogP contribution in [-0.4, -0.2) is 42.4 Å². The number of hydrogen-bond acceptors (Lipinski definition) is 6. The van der Waals surface area contributed by atoms with Gasteiger partial charge in [-0.05, 0) is 44.0 Å². The summed E-state index contributed by atoms with van der Waals surface area (Å²) in [4.78, 5) is 0. The largest absolute Gasteiger partial charge is 0.507 e. The van der Waals surface area contributed by atoms with E-state index >= 15 is 0 Å². The molecule has 0 saturated carbocycles. The number of phenols is 2. The first-order chi connectivity index (χ1) is 16.3. The lowest BCUT2D eigenvalue weighted by Gasteiger charge is -2.34. The molecule has 34 heavy (non-hydrogen) atoms. The van der Waals surface area contributed by atoms with Crippen LogP contribution < -0.4 is 9.47 Å². The van der Waals surface area contributed by atoms with Crippen LogP contribution in [0.3, 0.4) is 0 Å². The fourth-order valence-electron chi connectivity index (χ4n) is 3.79. The molecule has 1 fully saturated rings. The van der Waals surface area contributed by atoms with Crippen molar-refractivity contribution in [1.29, 1.82) is 0 Å². The fraction of sp³-hybridized carbons (Fsp3) is 0.556. The van der Waals surface area contributed by atoms with Crippen LogP contribution in [0.25, 0.3) is 11.1 Å². The van der Waals surface area contributed by atoms with Gasteiger partial charge in [0.1, 0.15) is 5.75 Å². The zero-order valence-electron chi connectivity index (χ0n) is 20.4. The second-order valence-electron chi connectivity index (χ2n) is 9.30. The molecule has 1 aliphatic heterocycles. The molecular weight excluding hydrogens is 439 g/mol. The standard InChI is InChI=1S/C27H37FO6/c1-4-5-6-7-8-9-12-31-25-11-10-20(13-22(25)28)21-14-24(30)26(15-23(21)29)32-16-19-17-33-27(2,3)34-18-19/h10-11,13-15,19,29-30H,4-9,12,16-18H2,1-3H3. The molecule has 6 nitrogen and oxygen atoms in total. The van der Waals surface area contributed by atoms with E-state index in [0.29, 0.717) is 30.9 Å². The maximum atomic E-state index is 14.6. The molecule has 0 unspecified atom stereocenters. The Morgan fingerprint density at radius 2 is 1.62 bits per heavy atom. The predicted octanol–water partition coefficient (Wildman–Crippen LogP) is 6.42. The van der Waals surface area contributed by atoms with Crippen LogP contribution in [0, 0.1) is 11.7 Å². The second kappa shape index (κ2) is 12.3. The van der Waals surface area contributed by atoms with Crippen LogP contribution in [0.15, 0.2) is 30.3 Å². The van der Waals surface area contributed by atoms with Gasteiger partial charge in [-0.15, -0.1) is 0 Å². The van der Waals surface area contributed by atoms with E-state index in [1.54, 1.807) is 12.1 Å². The van der Waals surface area contributed by atoms with Crippen molar-refractivity contribution in [3.8, 4) is 34.1 Å². The third-order valence-electron chi connectivity index (χ3n) is 5.88. The van der Waals surface area contributed by atoms with Crippen LogP contribution in [-0.2, 0) is 9.47 Å². The third-order valence-corrected chi connectivity index (χ3v) is 5.88. The molecule has 2 aromatic rings. The molecule has 0 amide bonds. The Labute approximate surface area is 201 Å². The first kappa shape index (κ1) is 26.1. The molecule has 2 aromatic carbocycles. The Balaban J connectivity index is 1.56. The van der Waals surface area contributed by atoms with Crippen LogP contribution in [0.5, 0.6) is 23.0 Å². The number of unbranched alkanes of at least 4 members (excludes halogenated alkanes) is 5. The van der Waals surface area contributed by atoms with Gasteiger partial charge < -0.3 is 29.2 Å². The minimum absolute atomic E-state index is 0.00669. The van der Waals surface area contributed by atoms with Crippen LogP contribution in [0.2, 0.25) is 0 Å². The van der Waals surface area contributed by atoms with E-state index in [4.69, 9.17) is 18.9 Å². The molecule has 1 saturated heterocycles. The monoisotopic (exact) mass is 476 g/mol. The summed E-state index contributed by atoms with van der Waals surface area (Å²) in [5.74, 6) is -1.05. The summed E-state index contributed by atoms with van der Waals surface area (Å²) in [6.07, 6.45) is 6.80. The average Bonchev–Trinajstić information content (AvgIpc) is 2.80. The van der Waals surface area contributed by atoms with Crippen molar-refractivity contribution in [3.63, 3.8) is 0 Å². The van der Waals surface area contributed by atoms with Gasteiger partial charge in [0, 0.05) is 17.5 Å². The lowest BCUT2D eigenvalue weighted by atomic mass is 10.0. The van der Waals surface area contributed by atoms with Crippen molar-refractivity contribution < 1.29 is 33.6 Å². The van der Waals surface area contributed by atoms with E-state index in [0.717, 1.165) is 12.8 Å². The van der Waals surface area contributed by atoms with Gasteiger partial charge in [-0.2, -0.15) is 0 Å². The molecule has 0 aromatic heterocycles. The molecule has 3 rings (SSSR count). The second-order valence-corrected chi connectivity index (χ2v) is 9.30. The van der Waals surface area contributed by atoms with Crippen LogP contribution >= 0.6 is 0 Å². The zero-order chi connectivity index (χ0) is 24.6. The highest BCUT2D eigenvalue weighted by atomic mass is 19.1. The molecule has 1 aliphatic rings. The van der Waals surface area contributed by atoms with Crippen LogP contribution in [0.4, 0.5) is 4.39 Å². The van der Waals surface area contributed by atoms with Gasteiger partial charge in [-0.25, -0.2) is 4.39 Å². The molecular formula is C27H37FO6. The van der Waals surface area contributed by atoms with Crippen molar-refractivity contribution in [2.75, 3.05) is 26.4 Å². The van der Waals surface area contributed by atoms with Crippen molar-refractivity contribution >= 4 is 0 Å². The summed E-state index contributed by atoms with van der Waals surface area (Å²) in [6.45, 7) is 7.57. The highest BCUT2D eigenvalue weighted by Crippen LogP contribution is 2.40. The number of ether oxygens (including phenoxy) is 4. The molecule has 0 aliphatic carbocycles. The Hall–Kier alpha value is -2.51. The topological polar surface area (TPSA) is 77.4 Å². The van der Waals surface area contributed by atoms with Crippen molar-refractivity contribution in [2.45, 2.75) is 65.1 Å². The number of hydrogen-bond donors (Lipinski definition) is 2. The van der Waals surface area contributed by atoms with Crippen molar-refractivity contribution in [2.24, 2.45) is 5.92 Å². The molecule has 1 heterocycles. The lowest BCUT2D eigenvalue weighted by molar-refractivity contribution is -0.264. The summed E-state index contributed by atoms with van der Waals surface area (Å²) in [5, 5.41) is 20.9. The SMILES string of the molecule is CCCCCCCCOc1ccc(-c2cc(O)c(OCC3COC(C)(C)OC3)cc2O)cc1F. The smallest absolute Gasteiger partial charge is 0.165 e. The minimum Gasteiger partial charge on any atom is -0.507 e. The summed E-state index contributed by atoms with van der Waals surface area (Å²) in [7, 11) is 0. The fourth-order valence-corrected chi connectivity index (χ4v) is 3.79. The van der Waals surface area contributed by atoms with Gasteiger partial charge in [0.15, 0.2) is 28.9 Å². The Morgan fingerprint density at radius 3 is 2.32 bits per heavy atom. The summed E-state index contributed by atoms with van der Waals surface area (Å²) in [5.41, 5.74) is 0.734. The van der Waals surface area contributed by atoms with Gasteiger partial charge in [0.2, 0.25) is 0 Å². The molecule has 0 radical (unpaired) electrons. The van der Waals surface area contributed by atoms with Crippen LogP contribution in [0.1, 0.15) is 59.3 Å². The van der Waals surface area contributed by atoms with E-state index in [1.165, 1.54) is 43.9 Å². The number of halogens is 1. The van der Waals surface area contributed by atoms with E-state index in [9.17, 15) is 14.6 Å². The average molecular weight is 477 g/mol.